The third-order valence-corrected chi connectivity index (χ3v) is 7.23. The van der Waals surface area contributed by atoms with Gasteiger partial charge in [0.15, 0.2) is 0 Å². The molecule has 5 rings (SSSR count). The summed E-state index contributed by atoms with van der Waals surface area (Å²) in [6.45, 7) is 13.5. The van der Waals surface area contributed by atoms with E-state index in [1.54, 1.807) is 7.05 Å². The average Bonchev–Trinajstić information content (AvgIpc) is 3.47. The van der Waals surface area contributed by atoms with Crippen LogP contribution in [0.5, 0.6) is 0 Å². The lowest BCUT2D eigenvalue weighted by Gasteiger charge is -2.35. The molecule has 0 bridgehead atoms. The number of aromatic nitrogens is 4. The van der Waals surface area contributed by atoms with Crippen LogP contribution < -0.4 is 10.2 Å². The van der Waals surface area contributed by atoms with Crippen molar-refractivity contribution in [3.05, 3.63) is 65.7 Å². The summed E-state index contributed by atoms with van der Waals surface area (Å²) in [7, 11) is 1.66. The molecule has 4 aromatic rings. The number of rotatable bonds is 6. The number of fused-ring (bicyclic) bond motifs is 1. The second-order valence-electron chi connectivity index (χ2n) is 10.9. The van der Waals surface area contributed by atoms with Gasteiger partial charge in [0, 0.05) is 51.5 Å². The molecule has 8 nitrogen and oxygen atoms in total. The van der Waals surface area contributed by atoms with Gasteiger partial charge in [-0.3, -0.25) is 9.69 Å². The molecule has 1 fully saturated rings. The molecule has 194 valence electrons. The number of aromatic amines is 1. The Hall–Kier alpha value is -3.65. The van der Waals surface area contributed by atoms with E-state index >= 15 is 0 Å². The molecule has 0 unspecified atom stereocenters. The first-order valence-corrected chi connectivity index (χ1v) is 13.0. The maximum atomic E-state index is 11.7. The third-order valence-electron chi connectivity index (χ3n) is 7.23. The number of nitrogens with one attached hydrogen (secondary N) is 2. The minimum atomic E-state index is -0.0155. The van der Waals surface area contributed by atoms with Gasteiger partial charge < -0.3 is 19.8 Å². The lowest BCUT2D eigenvalue weighted by molar-refractivity contribution is -0.121. The minimum Gasteiger partial charge on any atom is -0.367 e. The van der Waals surface area contributed by atoms with Crippen molar-refractivity contribution in [1.29, 1.82) is 0 Å². The molecule has 0 atom stereocenters. The second kappa shape index (κ2) is 10.0. The van der Waals surface area contributed by atoms with E-state index in [1.165, 1.54) is 11.3 Å². The molecule has 3 heterocycles. The number of nitrogens with zero attached hydrogens (tertiary/aromatic N) is 5. The Morgan fingerprint density at radius 1 is 1.03 bits per heavy atom. The van der Waals surface area contributed by atoms with E-state index in [0.29, 0.717) is 6.54 Å². The number of aryl methyl sites for hydroxylation is 1. The lowest BCUT2D eigenvalue weighted by atomic mass is 9.87. The molecular formula is C29H37N7O. The van der Waals surface area contributed by atoms with E-state index in [-0.39, 0.29) is 11.3 Å². The quantitative estimate of drug-likeness (QED) is 0.417. The summed E-state index contributed by atoms with van der Waals surface area (Å²) in [4.78, 5) is 29.8. The molecule has 2 aromatic heterocycles. The van der Waals surface area contributed by atoms with E-state index in [1.807, 2.05) is 17.7 Å². The number of amides is 1. The van der Waals surface area contributed by atoms with Crippen LogP contribution in [0.25, 0.3) is 22.4 Å². The number of H-pyrrole nitrogens is 1. The van der Waals surface area contributed by atoms with Crippen LogP contribution in [0.2, 0.25) is 0 Å². The van der Waals surface area contributed by atoms with Gasteiger partial charge in [0.1, 0.15) is 23.7 Å². The number of anilines is 1. The van der Waals surface area contributed by atoms with Crippen molar-refractivity contribution in [2.24, 2.45) is 0 Å². The van der Waals surface area contributed by atoms with Crippen LogP contribution in [0.3, 0.4) is 0 Å². The van der Waals surface area contributed by atoms with Gasteiger partial charge in [0.25, 0.3) is 0 Å². The molecular weight excluding hydrogens is 462 g/mol. The standard InChI is InChI=1S/C29H37N7O/c1-20-31-23(18-36(20)19-26(37)30-5)17-34-13-15-35(16-14-34)25-8-6-7-24-27(25)33-28(32-24)21-9-11-22(12-10-21)29(2,3)4/h6-12,18H,13-17,19H2,1-5H3,(H,30,37)(H,32,33). The highest BCUT2D eigenvalue weighted by atomic mass is 16.1. The third kappa shape index (κ3) is 5.39. The van der Waals surface area contributed by atoms with Crippen LogP contribution in [0.4, 0.5) is 5.69 Å². The Morgan fingerprint density at radius 3 is 2.43 bits per heavy atom. The highest BCUT2D eigenvalue weighted by Gasteiger charge is 2.22. The number of carbonyl (C=O) groups is 1. The number of likely N-dealkylation sites (N-methyl/N-ethyl adjacent to an activating group) is 1. The number of hydrogen-bond acceptors (Lipinski definition) is 5. The molecule has 1 amide bonds. The van der Waals surface area contributed by atoms with E-state index in [0.717, 1.165) is 66.7 Å². The Balaban J connectivity index is 1.27. The zero-order valence-electron chi connectivity index (χ0n) is 22.5. The summed E-state index contributed by atoms with van der Waals surface area (Å²) >= 11 is 0. The van der Waals surface area contributed by atoms with Crippen molar-refractivity contribution in [1.82, 2.24) is 29.7 Å². The van der Waals surface area contributed by atoms with E-state index in [4.69, 9.17) is 4.98 Å². The molecule has 8 heteroatoms. The molecule has 2 aromatic carbocycles. The van der Waals surface area contributed by atoms with Crippen LogP contribution in [0, 0.1) is 6.92 Å². The Morgan fingerprint density at radius 2 is 1.76 bits per heavy atom. The van der Waals surface area contributed by atoms with Gasteiger partial charge in [-0.15, -0.1) is 0 Å². The number of para-hydroxylation sites is 1. The zero-order valence-corrected chi connectivity index (χ0v) is 22.5. The summed E-state index contributed by atoms with van der Waals surface area (Å²) in [6.07, 6.45) is 2.00. The maximum Gasteiger partial charge on any atom is 0.239 e. The Kier molecular flexibility index (Phi) is 6.77. The van der Waals surface area contributed by atoms with Crippen LogP contribution in [0.1, 0.15) is 37.9 Å². The normalized spacial score (nSPS) is 14.9. The monoisotopic (exact) mass is 499 g/mol. The lowest BCUT2D eigenvalue weighted by Crippen LogP contribution is -2.46. The van der Waals surface area contributed by atoms with Crippen LogP contribution in [0.15, 0.2) is 48.7 Å². The summed E-state index contributed by atoms with van der Waals surface area (Å²) in [5, 5.41) is 2.67. The molecule has 37 heavy (non-hydrogen) atoms. The van der Waals surface area contributed by atoms with Crippen molar-refractivity contribution in [2.45, 2.75) is 46.2 Å². The molecule has 1 aliphatic rings. The number of imidazole rings is 2. The predicted octanol–water partition coefficient (Wildman–Crippen LogP) is 4.10. The van der Waals surface area contributed by atoms with Gasteiger partial charge in [-0.05, 0) is 30.0 Å². The highest BCUT2D eigenvalue weighted by Crippen LogP contribution is 2.30. The van der Waals surface area contributed by atoms with Gasteiger partial charge in [-0.2, -0.15) is 0 Å². The van der Waals surface area contributed by atoms with Crippen molar-refractivity contribution in [3.8, 4) is 11.4 Å². The smallest absolute Gasteiger partial charge is 0.239 e. The molecule has 0 saturated carbocycles. The Bertz CT molecular complexity index is 1390. The SMILES string of the molecule is CNC(=O)Cn1cc(CN2CCN(c3cccc4[nH]c(-c5ccc(C(C)(C)C)cc5)nc34)CC2)nc1C. The first kappa shape index (κ1) is 25.0. The van der Waals surface area contributed by atoms with Crippen molar-refractivity contribution >= 4 is 22.6 Å². The molecule has 0 radical (unpaired) electrons. The number of carbonyl (C=O) groups excluding carboxylic acids is 1. The van der Waals surface area contributed by atoms with Crippen molar-refractivity contribution in [2.75, 3.05) is 38.1 Å². The fourth-order valence-corrected chi connectivity index (χ4v) is 4.96. The van der Waals surface area contributed by atoms with Crippen molar-refractivity contribution in [3.63, 3.8) is 0 Å². The maximum absolute atomic E-state index is 11.7. The van der Waals surface area contributed by atoms with Gasteiger partial charge in [-0.25, -0.2) is 9.97 Å². The first-order valence-electron chi connectivity index (χ1n) is 13.0. The Labute approximate surface area is 218 Å². The molecule has 2 N–H and O–H groups in total. The fraction of sp³-hybridized carbons (Fsp3) is 0.414. The summed E-state index contributed by atoms with van der Waals surface area (Å²) in [5.74, 6) is 1.76. The zero-order chi connectivity index (χ0) is 26.2. The molecule has 1 saturated heterocycles. The van der Waals surface area contributed by atoms with E-state index in [2.05, 4.69) is 88.3 Å². The fourth-order valence-electron chi connectivity index (χ4n) is 4.96. The van der Waals surface area contributed by atoms with Gasteiger partial charge >= 0.3 is 0 Å². The molecule has 0 aliphatic carbocycles. The van der Waals surface area contributed by atoms with Gasteiger partial charge in [-0.1, -0.05) is 51.1 Å². The summed E-state index contributed by atoms with van der Waals surface area (Å²) in [5.41, 5.74) is 6.82. The van der Waals surface area contributed by atoms with E-state index in [9.17, 15) is 4.79 Å². The number of hydrogen-bond donors (Lipinski definition) is 2. The number of benzene rings is 2. The van der Waals surface area contributed by atoms with Gasteiger partial charge in [0.05, 0.1) is 16.9 Å². The van der Waals surface area contributed by atoms with E-state index < -0.39 is 0 Å². The molecule has 0 spiro atoms. The van der Waals surface area contributed by atoms with Crippen molar-refractivity contribution < 1.29 is 4.79 Å². The van der Waals surface area contributed by atoms with Gasteiger partial charge in [0.2, 0.25) is 5.91 Å². The topological polar surface area (TPSA) is 82.1 Å². The largest absolute Gasteiger partial charge is 0.367 e. The van der Waals surface area contributed by atoms with Crippen LogP contribution in [-0.2, 0) is 23.3 Å². The predicted molar refractivity (Wildman–Crippen MR) is 149 cm³/mol. The van der Waals surface area contributed by atoms with Crippen LogP contribution >= 0.6 is 0 Å². The second-order valence-corrected chi connectivity index (χ2v) is 10.9. The first-order chi connectivity index (χ1) is 17.7. The van der Waals surface area contributed by atoms with Crippen LogP contribution in [-0.4, -0.2) is 63.6 Å². The number of piperazine rings is 1. The summed E-state index contributed by atoms with van der Waals surface area (Å²) < 4.78 is 1.91. The average molecular weight is 500 g/mol. The highest BCUT2D eigenvalue weighted by molar-refractivity contribution is 5.91. The summed E-state index contributed by atoms with van der Waals surface area (Å²) in [6, 6.07) is 15.1. The molecule has 1 aliphatic heterocycles. The minimum absolute atomic E-state index is 0.0155.